The summed E-state index contributed by atoms with van der Waals surface area (Å²) in [6.45, 7) is 1.21. The third-order valence-electron chi connectivity index (χ3n) is 2.86. The first-order chi connectivity index (χ1) is 9.68. The van der Waals surface area contributed by atoms with E-state index in [4.69, 9.17) is 4.11 Å². The number of fused-ring (bicyclic) bond motifs is 1. The van der Waals surface area contributed by atoms with Gasteiger partial charge in [-0.1, -0.05) is 13.8 Å². The molecule has 0 aliphatic heterocycles. The average molecular weight is 251 g/mol. The van der Waals surface area contributed by atoms with Crippen molar-refractivity contribution in [2.45, 2.75) is 33.2 Å². The molecule has 0 fully saturated rings. The Balaban J connectivity index is 2.22. The van der Waals surface area contributed by atoms with Crippen LogP contribution in [-0.2, 0) is 11.3 Å². The highest BCUT2D eigenvalue weighted by atomic mass is 19.1. The maximum atomic E-state index is 13.9. The van der Waals surface area contributed by atoms with E-state index in [2.05, 4.69) is 10.3 Å². The van der Waals surface area contributed by atoms with Crippen molar-refractivity contribution in [3.8, 4) is 0 Å². The van der Waals surface area contributed by atoms with E-state index >= 15 is 0 Å². The molecular weight excluding hydrogens is 231 g/mol. The van der Waals surface area contributed by atoms with Crippen LogP contribution >= 0.6 is 0 Å². The van der Waals surface area contributed by atoms with Crippen LogP contribution in [0.15, 0.2) is 18.2 Å². The van der Waals surface area contributed by atoms with E-state index in [-0.39, 0.29) is 18.3 Å². The number of aromatic nitrogens is 1. The zero-order valence-electron chi connectivity index (χ0n) is 13.3. The summed E-state index contributed by atoms with van der Waals surface area (Å²) >= 11 is 0. The van der Waals surface area contributed by atoms with Gasteiger partial charge in [0, 0.05) is 27.6 Å². The predicted octanol–water partition coefficient (Wildman–Crippen LogP) is 3.07. The van der Waals surface area contributed by atoms with Gasteiger partial charge in [-0.3, -0.25) is 4.79 Å². The minimum Gasteiger partial charge on any atom is -0.357 e. The Morgan fingerprint density at radius 3 is 2.94 bits per heavy atom. The molecule has 0 atom stereocenters. The summed E-state index contributed by atoms with van der Waals surface area (Å²) in [6, 6.07) is 4.88. The second-order valence-electron chi connectivity index (χ2n) is 4.59. The molecule has 0 aliphatic carbocycles. The van der Waals surface area contributed by atoms with E-state index in [0.29, 0.717) is 16.6 Å². The molecule has 0 spiro atoms. The van der Waals surface area contributed by atoms with Gasteiger partial charge in [-0.05, 0) is 29.7 Å². The Kier molecular flexibility index (Phi) is 2.44. The van der Waals surface area contributed by atoms with Gasteiger partial charge < -0.3 is 10.3 Å². The number of H-pyrrole nitrogens is 1. The molecule has 0 saturated heterocycles. The predicted molar refractivity (Wildman–Crippen MR) is 69.9 cm³/mol. The Hall–Kier alpha value is -1.84. The van der Waals surface area contributed by atoms with Crippen molar-refractivity contribution in [2.75, 3.05) is 0 Å². The topological polar surface area (TPSA) is 44.9 Å². The monoisotopic (exact) mass is 251 g/mol. The maximum absolute atomic E-state index is 13.9. The van der Waals surface area contributed by atoms with Gasteiger partial charge in [0.15, 0.2) is 0 Å². The number of benzene rings is 1. The van der Waals surface area contributed by atoms with Gasteiger partial charge in [0.05, 0.1) is 6.54 Å². The molecule has 2 aromatic rings. The lowest BCUT2D eigenvalue weighted by molar-refractivity contribution is -0.119. The number of aromatic amines is 1. The molecule has 0 radical (unpaired) electrons. The highest BCUT2D eigenvalue weighted by molar-refractivity contribution is 5.81. The first kappa shape index (κ1) is 9.14. The van der Waals surface area contributed by atoms with E-state index < -0.39 is 12.8 Å². The Morgan fingerprint density at radius 2 is 2.28 bits per heavy atom. The fourth-order valence-electron chi connectivity index (χ4n) is 1.94. The van der Waals surface area contributed by atoms with Crippen LogP contribution in [-0.4, -0.2) is 10.9 Å². The molecule has 1 heterocycles. The number of rotatable bonds is 3. The van der Waals surface area contributed by atoms with Crippen molar-refractivity contribution in [3.05, 3.63) is 35.3 Å². The molecule has 3 nitrogen and oxygen atoms in total. The Labute approximate surface area is 110 Å². The molecular formula is C14H17FN2O. The smallest absolute Gasteiger partial charge is 0.217 e. The Morgan fingerprint density at radius 1 is 1.50 bits per heavy atom. The fraction of sp³-hybridized carbons (Fsp3) is 0.357. The van der Waals surface area contributed by atoms with Gasteiger partial charge in [-0.15, -0.1) is 0 Å². The highest BCUT2D eigenvalue weighted by Crippen LogP contribution is 2.25. The van der Waals surface area contributed by atoms with Crippen LogP contribution in [0.1, 0.15) is 42.0 Å². The van der Waals surface area contributed by atoms with Crippen LogP contribution in [0.5, 0.6) is 0 Å². The zero-order valence-corrected chi connectivity index (χ0v) is 10.3. The van der Waals surface area contributed by atoms with Gasteiger partial charge in [0.25, 0.3) is 0 Å². The number of carbonyl (C=O) groups is 1. The van der Waals surface area contributed by atoms with Crippen molar-refractivity contribution in [3.63, 3.8) is 0 Å². The largest absolute Gasteiger partial charge is 0.357 e. The highest BCUT2D eigenvalue weighted by Gasteiger charge is 2.10. The van der Waals surface area contributed by atoms with Crippen LogP contribution < -0.4 is 5.32 Å². The molecule has 0 bridgehead atoms. The van der Waals surface area contributed by atoms with Gasteiger partial charge in [-0.2, -0.15) is 0 Å². The molecule has 2 rings (SSSR count). The van der Waals surface area contributed by atoms with E-state index in [1.165, 1.54) is 6.07 Å². The maximum Gasteiger partial charge on any atom is 0.217 e. The third-order valence-corrected chi connectivity index (χ3v) is 2.86. The molecule has 2 N–H and O–H groups in total. The molecule has 0 unspecified atom stereocenters. The Bertz CT molecular complexity index is 677. The summed E-state index contributed by atoms with van der Waals surface area (Å²) in [5.74, 6) is -1.21. The van der Waals surface area contributed by atoms with Crippen LogP contribution in [0.4, 0.5) is 4.39 Å². The van der Waals surface area contributed by atoms with Gasteiger partial charge in [-0.25, -0.2) is 4.39 Å². The molecule has 18 heavy (non-hydrogen) atoms. The summed E-state index contributed by atoms with van der Waals surface area (Å²) < 4.78 is 34.8. The van der Waals surface area contributed by atoms with E-state index in [9.17, 15) is 9.18 Å². The summed E-state index contributed by atoms with van der Waals surface area (Å²) in [5.41, 5.74) is 2.00. The van der Waals surface area contributed by atoms with Crippen molar-refractivity contribution >= 4 is 16.8 Å². The average Bonchev–Trinajstić information content (AvgIpc) is 2.75. The summed E-state index contributed by atoms with van der Waals surface area (Å²) in [4.78, 5) is 14.4. The second kappa shape index (κ2) is 4.80. The minimum absolute atomic E-state index is 0.0601. The van der Waals surface area contributed by atoms with E-state index in [0.717, 1.165) is 5.52 Å². The lowest BCUT2D eigenvalue weighted by Crippen LogP contribution is -2.18. The van der Waals surface area contributed by atoms with Crippen LogP contribution in [0.25, 0.3) is 10.9 Å². The number of nitrogens with one attached hydrogen (secondary N) is 2. The van der Waals surface area contributed by atoms with E-state index in [1.807, 2.05) is 13.8 Å². The van der Waals surface area contributed by atoms with Crippen molar-refractivity contribution in [1.82, 2.24) is 10.3 Å². The summed E-state index contributed by atoms with van der Waals surface area (Å²) in [7, 11) is 0. The molecule has 4 heteroatoms. The van der Waals surface area contributed by atoms with Crippen LogP contribution in [0.3, 0.4) is 0 Å². The molecule has 1 aromatic carbocycles. The van der Waals surface area contributed by atoms with Crippen LogP contribution in [0.2, 0.25) is 0 Å². The molecule has 1 aromatic heterocycles. The fourth-order valence-corrected chi connectivity index (χ4v) is 1.94. The molecule has 96 valence electrons. The molecule has 1 amide bonds. The minimum atomic E-state index is -2.66. The van der Waals surface area contributed by atoms with Gasteiger partial charge in [0.2, 0.25) is 5.91 Å². The standard InChI is InChI=1S/C14H17FN2O/c1-8(2)12-6-14-10(5-13(12)15)4-11(17-14)7-16-9(3)18/h4-6,8,17H,7H2,1-3H3,(H,16,18)/i3D3. The van der Waals surface area contributed by atoms with Crippen LogP contribution in [0, 0.1) is 5.82 Å². The number of amides is 1. The number of carbonyl (C=O) groups excluding carboxylic acids is 1. The summed E-state index contributed by atoms with van der Waals surface area (Å²) in [6.07, 6.45) is 0. The SMILES string of the molecule is [2H]C([2H])([2H])C(=O)NCc1cc2cc(F)c(C(C)C)cc2[nH]1. The lowest BCUT2D eigenvalue weighted by atomic mass is 10.0. The van der Waals surface area contributed by atoms with Crippen molar-refractivity contribution < 1.29 is 13.3 Å². The molecule has 0 saturated carbocycles. The first-order valence-electron chi connectivity index (χ1n) is 7.28. The lowest BCUT2D eigenvalue weighted by Gasteiger charge is -2.06. The van der Waals surface area contributed by atoms with E-state index in [1.54, 1.807) is 12.1 Å². The van der Waals surface area contributed by atoms with Crippen molar-refractivity contribution in [1.29, 1.82) is 0 Å². The zero-order chi connectivity index (χ0) is 15.8. The normalized spacial score (nSPS) is 14.3. The molecule has 0 aliphatic rings. The quantitative estimate of drug-likeness (QED) is 0.865. The van der Waals surface area contributed by atoms with Gasteiger partial charge in [0.1, 0.15) is 5.82 Å². The van der Waals surface area contributed by atoms with Crippen molar-refractivity contribution in [2.24, 2.45) is 0 Å². The summed E-state index contributed by atoms with van der Waals surface area (Å²) in [5, 5.41) is 3.02. The number of hydrogen-bond donors (Lipinski definition) is 2. The van der Waals surface area contributed by atoms with Gasteiger partial charge >= 0.3 is 0 Å². The number of hydrogen-bond acceptors (Lipinski definition) is 1. The number of halogens is 1. The third kappa shape index (κ3) is 2.53. The first-order valence-corrected chi connectivity index (χ1v) is 5.78. The second-order valence-corrected chi connectivity index (χ2v) is 4.59.